The Bertz CT molecular complexity index is 1380. The van der Waals surface area contributed by atoms with Crippen LogP contribution in [0.15, 0.2) is 65.5 Å². The lowest BCUT2D eigenvalue weighted by Gasteiger charge is -2.26. The highest BCUT2D eigenvalue weighted by Gasteiger charge is 2.26. The normalized spacial score (nSPS) is 15.1. The number of methoxy groups -OCH3 is 3. The summed E-state index contributed by atoms with van der Waals surface area (Å²) < 4.78 is 27.6. The first-order valence-electron chi connectivity index (χ1n) is 12.2. The van der Waals surface area contributed by atoms with Gasteiger partial charge >= 0.3 is 0 Å². The quantitative estimate of drug-likeness (QED) is 0.305. The number of carbonyl (C=O) groups is 1. The Morgan fingerprint density at radius 2 is 1.89 bits per heavy atom. The maximum absolute atomic E-state index is 13.5. The molecule has 1 aliphatic heterocycles. The second kappa shape index (κ2) is 10.9. The lowest BCUT2D eigenvalue weighted by molar-refractivity contribution is 0.0507. The maximum atomic E-state index is 13.5. The first-order valence-corrected chi connectivity index (χ1v) is 12.2. The summed E-state index contributed by atoms with van der Waals surface area (Å²) in [6.45, 7) is 1.53. The molecule has 2 aromatic heterocycles. The Morgan fingerprint density at radius 3 is 2.59 bits per heavy atom. The van der Waals surface area contributed by atoms with E-state index in [1.165, 1.54) is 12.5 Å². The molecule has 192 valence electrons. The number of aromatic nitrogens is 1. The molecule has 3 heterocycles. The van der Waals surface area contributed by atoms with Crippen molar-refractivity contribution in [2.75, 3.05) is 34.5 Å². The van der Waals surface area contributed by atoms with Gasteiger partial charge in [0, 0.05) is 36.7 Å². The molecule has 4 aromatic rings. The Balaban J connectivity index is 1.62. The van der Waals surface area contributed by atoms with Gasteiger partial charge in [0.15, 0.2) is 11.5 Å². The molecule has 1 atom stereocenters. The fourth-order valence-electron chi connectivity index (χ4n) is 4.71. The van der Waals surface area contributed by atoms with Gasteiger partial charge in [-0.2, -0.15) is 0 Å². The number of nitrogens with zero attached hydrogens (tertiary/aromatic N) is 2. The largest absolute Gasteiger partial charge is 0.497 e. The molecule has 5 rings (SSSR count). The van der Waals surface area contributed by atoms with E-state index in [1.54, 1.807) is 27.4 Å². The number of carbonyl (C=O) groups excluding carboxylic acids is 1. The van der Waals surface area contributed by atoms with Gasteiger partial charge in [0.05, 0.1) is 50.5 Å². The van der Waals surface area contributed by atoms with Crippen LogP contribution in [-0.4, -0.2) is 56.4 Å². The summed E-state index contributed by atoms with van der Waals surface area (Å²) in [5, 5.41) is 0.882. The van der Waals surface area contributed by atoms with Crippen LogP contribution >= 0.6 is 0 Å². The predicted octanol–water partition coefficient (Wildman–Crippen LogP) is 5.34. The van der Waals surface area contributed by atoms with Crippen LogP contribution in [0.1, 0.15) is 28.8 Å². The summed E-state index contributed by atoms with van der Waals surface area (Å²) >= 11 is 0. The van der Waals surface area contributed by atoms with Gasteiger partial charge in [0.25, 0.3) is 5.91 Å². The molecular formula is C29H30N2O6. The van der Waals surface area contributed by atoms with Gasteiger partial charge in [0.1, 0.15) is 12.0 Å². The first-order chi connectivity index (χ1) is 18.1. The second-order valence-electron chi connectivity index (χ2n) is 8.96. The molecule has 0 N–H and O–H groups in total. The number of ether oxygens (including phenoxy) is 4. The van der Waals surface area contributed by atoms with Crippen molar-refractivity contribution in [3.63, 3.8) is 0 Å². The molecule has 37 heavy (non-hydrogen) atoms. The molecule has 1 amide bonds. The van der Waals surface area contributed by atoms with Crippen molar-refractivity contribution in [1.29, 1.82) is 0 Å². The minimum Gasteiger partial charge on any atom is -0.497 e. The molecule has 0 radical (unpaired) electrons. The molecule has 1 unspecified atom stereocenters. The number of pyridine rings is 1. The molecule has 1 saturated heterocycles. The summed E-state index contributed by atoms with van der Waals surface area (Å²) in [5.74, 6) is 1.82. The van der Waals surface area contributed by atoms with E-state index in [1.807, 2.05) is 41.3 Å². The summed E-state index contributed by atoms with van der Waals surface area (Å²) in [6.07, 6.45) is 4.89. The smallest absolute Gasteiger partial charge is 0.257 e. The van der Waals surface area contributed by atoms with Gasteiger partial charge in [-0.05, 0) is 48.7 Å². The van der Waals surface area contributed by atoms with Crippen LogP contribution in [0, 0.1) is 0 Å². The molecule has 8 nitrogen and oxygen atoms in total. The van der Waals surface area contributed by atoms with Gasteiger partial charge in [-0.1, -0.05) is 12.1 Å². The van der Waals surface area contributed by atoms with E-state index in [9.17, 15) is 4.79 Å². The van der Waals surface area contributed by atoms with Gasteiger partial charge in [-0.3, -0.25) is 4.79 Å². The van der Waals surface area contributed by atoms with E-state index < -0.39 is 0 Å². The van der Waals surface area contributed by atoms with E-state index in [-0.39, 0.29) is 12.0 Å². The average Bonchev–Trinajstić information content (AvgIpc) is 3.66. The van der Waals surface area contributed by atoms with Crippen LogP contribution < -0.4 is 14.2 Å². The van der Waals surface area contributed by atoms with Crippen LogP contribution in [0.2, 0.25) is 0 Å². The number of hydrogen-bond donors (Lipinski definition) is 0. The van der Waals surface area contributed by atoms with Crippen molar-refractivity contribution in [2.24, 2.45) is 0 Å². The average molecular weight is 503 g/mol. The van der Waals surface area contributed by atoms with E-state index >= 15 is 0 Å². The Morgan fingerprint density at radius 1 is 1.05 bits per heavy atom. The Hall–Kier alpha value is -4.04. The van der Waals surface area contributed by atoms with Crippen molar-refractivity contribution >= 4 is 16.8 Å². The van der Waals surface area contributed by atoms with Crippen LogP contribution in [0.25, 0.3) is 22.2 Å². The molecule has 0 spiro atoms. The zero-order valence-electron chi connectivity index (χ0n) is 21.2. The van der Waals surface area contributed by atoms with Gasteiger partial charge in [-0.25, -0.2) is 4.98 Å². The predicted molar refractivity (Wildman–Crippen MR) is 139 cm³/mol. The number of benzene rings is 2. The van der Waals surface area contributed by atoms with E-state index in [2.05, 4.69) is 6.07 Å². The van der Waals surface area contributed by atoms with E-state index in [0.29, 0.717) is 36.8 Å². The highest BCUT2D eigenvalue weighted by Crippen LogP contribution is 2.35. The SMILES string of the molecule is COc1cccc(-c2nc3cc(OC)c(OC)cc3cc2CN(CC2CCCO2)C(=O)c2ccoc2)c1. The van der Waals surface area contributed by atoms with Crippen LogP contribution in [0.5, 0.6) is 17.2 Å². The van der Waals surface area contributed by atoms with Crippen molar-refractivity contribution in [3.05, 3.63) is 72.2 Å². The van der Waals surface area contributed by atoms with E-state index in [0.717, 1.165) is 46.3 Å². The zero-order chi connectivity index (χ0) is 25.8. The van der Waals surface area contributed by atoms with Gasteiger partial charge in [0.2, 0.25) is 0 Å². The van der Waals surface area contributed by atoms with Crippen molar-refractivity contribution in [3.8, 4) is 28.5 Å². The highest BCUT2D eigenvalue weighted by atomic mass is 16.5. The number of hydrogen-bond acceptors (Lipinski definition) is 7. The third kappa shape index (κ3) is 5.24. The van der Waals surface area contributed by atoms with Crippen molar-refractivity contribution in [1.82, 2.24) is 9.88 Å². The van der Waals surface area contributed by atoms with Crippen LogP contribution in [-0.2, 0) is 11.3 Å². The molecule has 2 aromatic carbocycles. The molecule has 8 heteroatoms. The molecule has 0 saturated carbocycles. The number of amides is 1. The summed E-state index contributed by atoms with van der Waals surface area (Å²) in [5.41, 5.74) is 3.80. The molecule has 0 aliphatic carbocycles. The lowest BCUT2D eigenvalue weighted by atomic mass is 10.0. The minimum atomic E-state index is -0.117. The topological polar surface area (TPSA) is 83.3 Å². The molecule has 1 fully saturated rings. The minimum absolute atomic E-state index is 0.00566. The highest BCUT2D eigenvalue weighted by molar-refractivity contribution is 5.94. The third-order valence-electron chi connectivity index (χ3n) is 6.61. The third-order valence-corrected chi connectivity index (χ3v) is 6.61. The molecule has 0 bridgehead atoms. The second-order valence-corrected chi connectivity index (χ2v) is 8.96. The monoisotopic (exact) mass is 502 g/mol. The molecular weight excluding hydrogens is 472 g/mol. The Labute approximate surface area is 215 Å². The standard InChI is InChI=1S/C29H30N2O6/c1-33-23-7-4-6-19(13-23)28-22(12-21-14-26(34-2)27(35-3)15-25(21)30-28)16-31(17-24-8-5-10-37-24)29(32)20-9-11-36-18-20/h4,6-7,9,11-15,18,24H,5,8,10,16-17H2,1-3H3. The van der Waals surface area contributed by atoms with Gasteiger partial charge < -0.3 is 28.3 Å². The maximum Gasteiger partial charge on any atom is 0.257 e. The summed E-state index contributed by atoms with van der Waals surface area (Å²) in [6, 6.07) is 15.3. The summed E-state index contributed by atoms with van der Waals surface area (Å²) in [4.78, 5) is 20.4. The summed E-state index contributed by atoms with van der Waals surface area (Å²) in [7, 11) is 4.85. The number of furan rings is 1. The number of fused-ring (bicyclic) bond motifs is 1. The van der Waals surface area contributed by atoms with Crippen molar-refractivity contribution in [2.45, 2.75) is 25.5 Å². The first kappa shape index (κ1) is 24.6. The Kier molecular flexibility index (Phi) is 7.28. The zero-order valence-corrected chi connectivity index (χ0v) is 21.2. The fourth-order valence-corrected chi connectivity index (χ4v) is 4.71. The van der Waals surface area contributed by atoms with Gasteiger partial charge in [-0.15, -0.1) is 0 Å². The van der Waals surface area contributed by atoms with Crippen molar-refractivity contribution < 1.29 is 28.2 Å². The molecule has 1 aliphatic rings. The lowest BCUT2D eigenvalue weighted by Crippen LogP contribution is -2.37. The number of rotatable bonds is 9. The van der Waals surface area contributed by atoms with E-state index in [4.69, 9.17) is 28.3 Å². The van der Waals surface area contributed by atoms with Crippen LogP contribution in [0.3, 0.4) is 0 Å². The van der Waals surface area contributed by atoms with Crippen LogP contribution in [0.4, 0.5) is 0 Å². The fraction of sp³-hybridized carbons (Fsp3) is 0.310.